The number of benzene rings is 1. The summed E-state index contributed by atoms with van der Waals surface area (Å²) in [6.45, 7) is 1.72. The van der Waals surface area contributed by atoms with E-state index in [0.717, 1.165) is 6.07 Å². The molecule has 0 radical (unpaired) electrons. The monoisotopic (exact) mass is 264 g/mol. The zero-order valence-electron chi connectivity index (χ0n) is 10.5. The number of nitrogens with zero attached hydrogens (tertiary/aromatic N) is 3. The van der Waals surface area contributed by atoms with Crippen LogP contribution in [0.15, 0.2) is 24.5 Å². The number of halogens is 1. The van der Waals surface area contributed by atoms with E-state index < -0.39 is 23.5 Å². The molecule has 19 heavy (non-hydrogen) atoms. The van der Waals surface area contributed by atoms with Crippen molar-refractivity contribution in [3.05, 3.63) is 41.7 Å². The molecule has 2 rings (SSSR count). The van der Waals surface area contributed by atoms with Gasteiger partial charge >= 0.3 is 0 Å². The number of para-hydroxylation sites is 1. The van der Waals surface area contributed by atoms with Crippen molar-refractivity contribution in [2.45, 2.75) is 13.0 Å². The Hall–Kier alpha value is -2.44. The normalized spacial score (nSPS) is 12.2. The van der Waals surface area contributed by atoms with Crippen LogP contribution in [-0.4, -0.2) is 25.8 Å². The Morgan fingerprint density at radius 2 is 2.26 bits per heavy atom. The van der Waals surface area contributed by atoms with Gasteiger partial charge in [0.05, 0.1) is 11.6 Å². The number of hydrogen-bond donors (Lipinski definition) is 2. The number of aromatic hydroxyl groups is 1. The molecule has 0 saturated carbocycles. The highest BCUT2D eigenvalue weighted by Gasteiger charge is 2.19. The van der Waals surface area contributed by atoms with Gasteiger partial charge in [0.2, 0.25) is 0 Å². The molecule has 0 bridgehead atoms. The van der Waals surface area contributed by atoms with Gasteiger partial charge in [-0.1, -0.05) is 6.07 Å². The lowest BCUT2D eigenvalue weighted by Gasteiger charge is -2.13. The number of carbonyl (C=O) groups is 1. The number of phenolic OH excluding ortho intramolecular Hbond substituents is 1. The van der Waals surface area contributed by atoms with E-state index in [-0.39, 0.29) is 5.56 Å². The molecule has 6 nitrogen and oxygen atoms in total. The minimum atomic E-state index is -0.834. The molecule has 1 amide bonds. The van der Waals surface area contributed by atoms with Gasteiger partial charge in [-0.3, -0.25) is 4.79 Å². The molecule has 0 aliphatic carbocycles. The van der Waals surface area contributed by atoms with Crippen LogP contribution >= 0.6 is 0 Å². The molecular formula is C12H13FN4O2. The van der Waals surface area contributed by atoms with Crippen molar-refractivity contribution in [1.82, 2.24) is 20.1 Å². The van der Waals surface area contributed by atoms with E-state index in [4.69, 9.17) is 0 Å². The van der Waals surface area contributed by atoms with Gasteiger partial charge in [-0.25, -0.2) is 4.39 Å². The van der Waals surface area contributed by atoms with Crippen molar-refractivity contribution >= 4 is 5.91 Å². The lowest BCUT2D eigenvalue weighted by atomic mass is 10.1. The Kier molecular flexibility index (Phi) is 3.46. The number of carbonyl (C=O) groups excluding carboxylic acids is 1. The lowest BCUT2D eigenvalue weighted by Crippen LogP contribution is -2.28. The summed E-state index contributed by atoms with van der Waals surface area (Å²) in [5.41, 5.74) is -0.117. The van der Waals surface area contributed by atoms with Crippen LogP contribution < -0.4 is 5.32 Å². The molecule has 100 valence electrons. The number of hydrogen-bond acceptors (Lipinski definition) is 4. The highest BCUT2D eigenvalue weighted by molar-refractivity contribution is 5.97. The zero-order valence-corrected chi connectivity index (χ0v) is 10.5. The largest absolute Gasteiger partial charge is 0.504 e. The second kappa shape index (κ2) is 5.05. The van der Waals surface area contributed by atoms with Crippen LogP contribution in [0.4, 0.5) is 4.39 Å². The van der Waals surface area contributed by atoms with Gasteiger partial charge in [-0.05, 0) is 19.1 Å². The third-order valence-electron chi connectivity index (χ3n) is 2.71. The van der Waals surface area contributed by atoms with Gasteiger partial charge in [0.25, 0.3) is 5.91 Å². The second-order valence-electron chi connectivity index (χ2n) is 4.13. The number of aromatic nitrogens is 3. The SMILES string of the molecule is C[C@H](NC(=O)c1cccc(F)c1O)c1nncn1C. The van der Waals surface area contributed by atoms with Gasteiger partial charge in [-0.2, -0.15) is 0 Å². The van der Waals surface area contributed by atoms with Gasteiger partial charge in [0, 0.05) is 7.05 Å². The quantitative estimate of drug-likeness (QED) is 0.871. The third kappa shape index (κ3) is 2.54. The first-order chi connectivity index (χ1) is 9.00. The molecule has 0 unspecified atom stereocenters. The Morgan fingerprint density at radius 1 is 1.53 bits per heavy atom. The topological polar surface area (TPSA) is 80.0 Å². The van der Waals surface area contributed by atoms with E-state index in [9.17, 15) is 14.3 Å². The molecule has 2 aromatic rings. The van der Waals surface area contributed by atoms with Crippen molar-refractivity contribution in [2.75, 3.05) is 0 Å². The lowest BCUT2D eigenvalue weighted by molar-refractivity contribution is 0.0934. The fourth-order valence-corrected chi connectivity index (χ4v) is 1.72. The summed E-state index contributed by atoms with van der Waals surface area (Å²) in [5, 5.41) is 19.7. The van der Waals surface area contributed by atoms with Crippen LogP contribution in [0.25, 0.3) is 0 Å². The van der Waals surface area contributed by atoms with Crippen molar-refractivity contribution in [3.63, 3.8) is 0 Å². The van der Waals surface area contributed by atoms with E-state index in [2.05, 4.69) is 15.5 Å². The molecular weight excluding hydrogens is 251 g/mol. The molecule has 0 spiro atoms. The molecule has 0 fully saturated rings. The van der Waals surface area contributed by atoms with Crippen LogP contribution in [0.1, 0.15) is 29.1 Å². The molecule has 0 aliphatic rings. The fourth-order valence-electron chi connectivity index (χ4n) is 1.72. The summed E-state index contributed by atoms with van der Waals surface area (Å²) in [6.07, 6.45) is 1.51. The Balaban J connectivity index is 2.18. The van der Waals surface area contributed by atoms with Gasteiger partial charge in [0.15, 0.2) is 17.4 Å². The van der Waals surface area contributed by atoms with Gasteiger partial charge in [-0.15, -0.1) is 10.2 Å². The maximum absolute atomic E-state index is 13.2. The van der Waals surface area contributed by atoms with E-state index in [1.165, 1.54) is 18.5 Å². The molecule has 1 aromatic carbocycles. The average molecular weight is 264 g/mol. The summed E-state index contributed by atoms with van der Waals surface area (Å²) in [6, 6.07) is 3.37. The second-order valence-corrected chi connectivity index (χ2v) is 4.13. The number of phenols is 1. The van der Waals surface area contributed by atoms with E-state index in [1.807, 2.05) is 0 Å². The van der Waals surface area contributed by atoms with Gasteiger partial charge < -0.3 is 15.0 Å². The Bertz CT molecular complexity index is 612. The maximum atomic E-state index is 13.2. The van der Waals surface area contributed by atoms with Crippen LogP contribution in [0.2, 0.25) is 0 Å². The van der Waals surface area contributed by atoms with Crippen LogP contribution in [-0.2, 0) is 7.05 Å². The zero-order chi connectivity index (χ0) is 14.0. The third-order valence-corrected chi connectivity index (χ3v) is 2.71. The molecule has 7 heteroatoms. The first kappa shape index (κ1) is 13.0. The highest BCUT2D eigenvalue weighted by atomic mass is 19.1. The van der Waals surface area contributed by atoms with Crippen molar-refractivity contribution in [1.29, 1.82) is 0 Å². The summed E-state index contributed by atoms with van der Waals surface area (Å²) >= 11 is 0. The highest BCUT2D eigenvalue weighted by Crippen LogP contribution is 2.21. The molecule has 1 aromatic heterocycles. The summed E-state index contributed by atoms with van der Waals surface area (Å²) < 4.78 is 14.8. The van der Waals surface area contributed by atoms with Crippen molar-refractivity contribution in [2.24, 2.45) is 7.05 Å². The predicted molar refractivity (Wildman–Crippen MR) is 64.9 cm³/mol. The van der Waals surface area contributed by atoms with Crippen LogP contribution in [0.3, 0.4) is 0 Å². The maximum Gasteiger partial charge on any atom is 0.255 e. The summed E-state index contributed by atoms with van der Waals surface area (Å²) in [5.74, 6) is -1.51. The van der Waals surface area contributed by atoms with E-state index >= 15 is 0 Å². The smallest absolute Gasteiger partial charge is 0.255 e. The van der Waals surface area contributed by atoms with Crippen LogP contribution in [0, 0.1) is 5.82 Å². The summed E-state index contributed by atoms with van der Waals surface area (Å²) in [7, 11) is 1.75. The first-order valence-corrected chi connectivity index (χ1v) is 5.63. The number of rotatable bonds is 3. The van der Waals surface area contributed by atoms with E-state index in [1.54, 1.807) is 18.5 Å². The van der Waals surface area contributed by atoms with Crippen molar-refractivity contribution in [3.8, 4) is 5.75 Å². The number of aryl methyl sites for hydroxylation is 1. The summed E-state index contributed by atoms with van der Waals surface area (Å²) in [4.78, 5) is 11.9. The molecule has 0 aliphatic heterocycles. The van der Waals surface area contributed by atoms with Crippen molar-refractivity contribution < 1.29 is 14.3 Å². The number of nitrogens with one attached hydrogen (secondary N) is 1. The Morgan fingerprint density at radius 3 is 2.89 bits per heavy atom. The Labute approximate surface area is 108 Å². The molecule has 1 atom stereocenters. The minimum Gasteiger partial charge on any atom is -0.504 e. The van der Waals surface area contributed by atoms with Gasteiger partial charge in [0.1, 0.15) is 6.33 Å². The molecule has 2 N–H and O–H groups in total. The average Bonchev–Trinajstić information content (AvgIpc) is 2.79. The standard InChI is InChI=1S/C12H13FN4O2/c1-7(11-16-14-6-17(11)2)15-12(19)8-4-3-5-9(13)10(8)18/h3-7,18H,1-2H3,(H,15,19)/t7-/m0/s1. The fraction of sp³-hybridized carbons (Fsp3) is 0.250. The molecule has 0 saturated heterocycles. The predicted octanol–water partition coefficient (Wildman–Crippen LogP) is 1.15. The molecule has 1 heterocycles. The minimum absolute atomic E-state index is 0.117. The van der Waals surface area contributed by atoms with Crippen LogP contribution in [0.5, 0.6) is 5.75 Å². The first-order valence-electron chi connectivity index (χ1n) is 5.63. The van der Waals surface area contributed by atoms with E-state index in [0.29, 0.717) is 5.82 Å². The number of amides is 1.